The number of halogens is 1. The van der Waals surface area contributed by atoms with Gasteiger partial charge in [-0.1, -0.05) is 42.5 Å². The standard InChI is InChI=1S/C18H16FNO/c19-16-9-8-14(11-20)15(10-16)12-21-18-7-3-5-13-4-1-2-6-17(13)18/h1-10H,11-12,20H2. The van der Waals surface area contributed by atoms with Gasteiger partial charge in [-0.2, -0.15) is 0 Å². The van der Waals surface area contributed by atoms with Crippen molar-refractivity contribution in [3.63, 3.8) is 0 Å². The summed E-state index contributed by atoms with van der Waals surface area (Å²) in [4.78, 5) is 0. The Morgan fingerprint density at radius 3 is 2.57 bits per heavy atom. The SMILES string of the molecule is NCc1ccc(F)cc1COc1cccc2ccccc12. The molecule has 2 N–H and O–H groups in total. The molecule has 0 saturated heterocycles. The van der Waals surface area contributed by atoms with Crippen LogP contribution < -0.4 is 10.5 Å². The van der Waals surface area contributed by atoms with Gasteiger partial charge in [-0.15, -0.1) is 0 Å². The largest absolute Gasteiger partial charge is 0.488 e. The monoisotopic (exact) mass is 281 g/mol. The van der Waals surface area contributed by atoms with Gasteiger partial charge in [-0.3, -0.25) is 0 Å². The topological polar surface area (TPSA) is 35.2 Å². The smallest absolute Gasteiger partial charge is 0.127 e. The molecule has 3 aromatic carbocycles. The molecule has 3 aromatic rings. The average molecular weight is 281 g/mol. The van der Waals surface area contributed by atoms with Crippen LogP contribution in [0.1, 0.15) is 11.1 Å². The van der Waals surface area contributed by atoms with E-state index in [1.165, 1.54) is 12.1 Å². The van der Waals surface area contributed by atoms with E-state index in [0.717, 1.165) is 27.6 Å². The van der Waals surface area contributed by atoms with Crippen LogP contribution in [0, 0.1) is 5.82 Å². The second kappa shape index (κ2) is 5.94. The molecule has 0 aliphatic carbocycles. The maximum absolute atomic E-state index is 13.4. The Hall–Kier alpha value is -2.39. The van der Waals surface area contributed by atoms with Crippen LogP contribution >= 0.6 is 0 Å². The summed E-state index contributed by atoms with van der Waals surface area (Å²) < 4.78 is 19.2. The van der Waals surface area contributed by atoms with Gasteiger partial charge in [0.2, 0.25) is 0 Å². The molecule has 21 heavy (non-hydrogen) atoms. The van der Waals surface area contributed by atoms with E-state index < -0.39 is 0 Å². The Morgan fingerprint density at radius 2 is 1.71 bits per heavy atom. The zero-order valence-corrected chi connectivity index (χ0v) is 11.6. The molecule has 0 aliphatic rings. The lowest BCUT2D eigenvalue weighted by Gasteiger charge is -2.12. The Kier molecular flexibility index (Phi) is 3.84. The fourth-order valence-electron chi connectivity index (χ4n) is 2.41. The van der Waals surface area contributed by atoms with Gasteiger partial charge in [0.05, 0.1) is 0 Å². The fraction of sp³-hybridized carbons (Fsp3) is 0.111. The Labute approximate surface area is 123 Å². The molecule has 0 aromatic heterocycles. The van der Waals surface area contributed by atoms with Crippen LogP contribution in [0.4, 0.5) is 4.39 Å². The van der Waals surface area contributed by atoms with E-state index in [-0.39, 0.29) is 5.82 Å². The van der Waals surface area contributed by atoms with Gasteiger partial charge >= 0.3 is 0 Å². The molecule has 2 nitrogen and oxygen atoms in total. The van der Waals surface area contributed by atoms with Crippen LogP contribution in [-0.4, -0.2) is 0 Å². The molecule has 3 rings (SSSR count). The highest BCUT2D eigenvalue weighted by molar-refractivity contribution is 5.88. The quantitative estimate of drug-likeness (QED) is 0.784. The first-order valence-corrected chi connectivity index (χ1v) is 6.86. The first-order chi connectivity index (χ1) is 10.3. The summed E-state index contributed by atoms with van der Waals surface area (Å²) >= 11 is 0. The van der Waals surface area contributed by atoms with E-state index in [2.05, 4.69) is 0 Å². The summed E-state index contributed by atoms with van der Waals surface area (Å²) in [6, 6.07) is 18.5. The van der Waals surface area contributed by atoms with Crippen molar-refractivity contribution in [2.45, 2.75) is 13.2 Å². The fourth-order valence-corrected chi connectivity index (χ4v) is 2.41. The zero-order valence-electron chi connectivity index (χ0n) is 11.6. The predicted octanol–water partition coefficient (Wildman–Crippen LogP) is 4.02. The molecule has 0 spiro atoms. The highest BCUT2D eigenvalue weighted by atomic mass is 19.1. The number of fused-ring (bicyclic) bond motifs is 1. The van der Waals surface area contributed by atoms with E-state index >= 15 is 0 Å². The first-order valence-electron chi connectivity index (χ1n) is 6.86. The molecule has 0 heterocycles. The summed E-state index contributed by atoms with van der Waals surface area (Å²) in [5.74, 6) is 0.518. The van der Waals surface area contributed by atoms with Gasteiger partial charge in [0.1, 0.15) is 18.2 Å². The lowest BCUT2D eigenvalue weighted by atomic mass is 10.1. The van der Waals surface area contributed by atoms with Crippen LogP contribution in [0.15, 0.2) is 60.7 Å². The minimum absolute atomic E-state index is 0.274. The average Bonchev–Trinajstić information content (AvgIpc) is 2.53. The summed E-state index contributed by atoms with van der Waals surface area (Å²) in [5.41, 5.74) is 7.36. The number of ether oxygens (including phenoxy) is 1. The molecule has 0 aliphatic heterocycles. The predicted molar refractivity (Wildman–Crippen MR) is 82.6 cm³/mol. The zero-order chi connectivity index (χ0) is 14.7. The third kappa shape index (κ3) is 2.88. The van der Waals surface area contributed by atoms with Gasteiger partial charge < -0.3 is 10.5 Å². The molecule has 0 unspecified atom stereocenters. The molecule has 0 radical (unpaired) electrons. The highest BCUT2D eigenvalue weighted by Gasteiger charge is 2.06. The number of rotatable bonds is 4. The van der Waals surface area contributed by atoms with Crippen molar-refractivity contribution in [1.82, 2.24) is 0 Å². The molecule has 0 atom stereocenters. The van der Waals surface area contributed by atoms with E-state index in [9.17, 15) is 4.39 Å². The normalized spacial score (nSPS) is 10.8. The molecule has 0 bridgehead atoms. The van der Waals surface area contributed by atoms with Gasteiger partial charge in [0, 0.05) is 11.9 Å². The van der Waals surface area contributed by atoms with Crippen LogP contribution in [0.5, 0.6) is 5.75 Å². The third-order valence-electron chi connectivity index (χ3n) is 3.52. The van der Waals surface area contributed by atoms with E-state index in [1.807, 2.05) is 42.5 Å². The molecule has 3 heteroatoms. The van der Waals surface area contributed by atoms with Crippen molar-refractivity contribution < 1.29 is 9.13 Å². The van der Waals surface area contributed by atoms with Gasteiger partial charge in [-0.05, 0) is 34.7 Å². The van der Waals surface area contributed by atoms with Crippen molar-refractivity contribution in [1.29, 1.82) is 0 Å². The minimum Gasteiger partial charge on any atom is -0.488 e. The van der Waals surface area contributed by atoms with E-state index in [1.54, 1.807) is 6.07 Å². The summed E-state index contributed by atoms with van der Waals surface area (Å²) in [5, 5.41) is 2.17. The summed E-state index contributed by atoms with van der Waals surface area (Å²) in [6.45, 7) is 0.673. The second-order valence-electron chi connectivity index (χ2n) is 4.88. The highest BCUT2D eigenvalue weighted by Crippen LogP contribution is 2.26. The maximum atomic E-state index is 13.4. The van der Waals surface area contributed by atoms with E-state index in [0.29, 0.717) is 13.2 Å². The van der Waals surface area contributed by atoms with Crippen molar-refractivity contribution in [3.05, 3.63) is 77.6 Å². The molecule has 106 valence electrons. The second-order valence-corrected chi connectivity index (χ2v) is 4.88. The number of nitrogens with two attached hydrogens (primary N) is 1. The summed E-state index contributed by atoms with van der Waals surface area (Å²) in [6.07, 6.45) is 0. The van der Waals surface area contributed by atoms with Crippen molar-refractivity contribution in [2.75, 3.05) is 0 Å². The maximum Gasteiger partial charge on any atom is 0.127 e. The molecular formula is C18H16FNO. The van der Waals surface area contributed by atoms with E-state index in [4.69, 9.17) is 10.5 Å². The van der Waals surface area contributed by atoms with Crippen LogP contribution in [-0.2, 0) is 13.2 Å². The molecule has 0 amide bonds. The lowest BCUT2D eigenvalue weighted by molar-refractivity contribution is 0.308. The van der Waals surface area contributed by atoms with Crippen LogP contribution in [0.25, 0.3) is 10.8 Å². The number of benzene rings is 3. The molecule has 0 saturated carbocycles. The lowest BCUT2D eigenvalue weighted by Crippen LogP contribution is -2.05. The molecule has 0 fully saturated rings. The van der Waals surface area contributed by atoms with Crippen LogP contribution in [0.2, 0.25) is 0 Å². The number of hydrogen-bond donors (Lipinski definition) is 1. The van der Waals surface area contributed by atoms with Crippen LogP contribution in [0.3, 0.4) is 0 Å². The number of hydrogen-bond acceptors (Lipinski definition) is 2. The van der Waals surface area contributed by atoms with Gasteiger partial charge in [-0.25, -0.2) is 4.39 Å². The Bertz CT molecular complexity index is 765. The van der Waals surface area contributed by atoms with Crippen molar-refractivity contribution in [2.24, 2.45) is 5.73 Å². The first kappa shape index (κ1) is 13.6. The Morgan fingerprint density at radius 1 is 0.905 bits per heavy atom. The van der Waals surface area contributed by atoms with Crippen molar-refractivity contribution >= 4 is 10.8 Å². The minimum atomic E-state index is -0.274. The van der Waals surface area contributed by atoms with Gasteiger partial charge in [0.15, 0.2) is 0 Å². The third-order valence-corrected chi connectivity index (χ3v) is 3.52. The molecular weight excluding hydrogens is 265 g/mol. The summed E-state index contributed by atoms with van der Waals surface area (Å²) in [7, 11) is 0. The Balaban J connectivity index is 1.89. The van der Waals surface area contributed by atoms with Gasteiger partial charge in [0.25, 0.3) is 0 Å². The van der Waals surface area contributed by atoms with Crippen molar-refractivity contribution in [3.8, 4) is 5.75 Å².